The van der Waals surface area contributed by atoms with E-state index < -0.39 is 10.8 Å². The minimum absolute atomic E-state index is 0.0811. The molecule has 0 saturated heterocycles. The van der Waals surface area contributed by atoms with Crippen LogP contribution in [-0.4, -0.2) is 46.2 Å². The topological polar surface area (TPSA) is 49.4 Å². The van der Waals surface area contributed by atoms with E-state index in [1.165, 1.54) is 10.4 Å². The molecule has 1 aromatic rings. The minimum atomic E-state index is -0.840. The fraction of sp³-hybridized carbons (Fsp3) is 0.615. The van der Waals surface area contributed by atoms with Gasteiger partial charge in [-0.25, -0.2) is 0 Å². The maximum absolute atomic E-state index is 12.1. The summed E-state index contributed by atoms with van der Waals surface area (Å²) >= 11 is 1.78. The number of fused-ring (bicyclic) bond motifs is 1. The van der Waals surface area contributed by atoms with Gasteiger partial charge in [0.2, 0.25) is 5.91 Å². The Balaban J connectivity index is 1.77. The van der Waals surface area contributed by atoms with Crippen LogP contribution in [0.15, 0.2) is 11.4 Å². The predicted octanol–water partition coefficient (Wildman–Crippen LogP) is 0.989. The SMILES string of the molecule is CC(CNCC(=O)N1CCc2sccc2C1)S(C)=O. The van der Waals surface area contributed by atoms with Crippen molar-refractivity contribution in [3.63, 3.8) is 0 Å². The number of hydrogen-bond acceptors (Lipinski definition) is 4. The molecule has 1 N–H and O–H groups in total. The van der Waals surface area contributed by atoms with Crippen molar-refractivity contribution in [1.82, 2.24) is 10.2 Å². The van der Waals surface area contributed by atoms with E-state index in [9.17, 15) is 9.00 Å². The standard InChI is InChI=1S/C13H20N2O2S2/c1-10(19(2)17)7-14-8-13(16)15-5-3-12-11(9-15)4-6-18-12/h4,6,10,14H,3,5,7-9H2,1-2H3. The smallest absolute Gasteiger partial charge is 0.236 e. The normalized spacial score (nSPS) is 17.9. The Labute approximate surface area is 120 Å². The summed E-state index contributed by atoms with van der Waals surface area (Å²) in [6.45, 7) is 4.41. The first-order valence-corrected chi connectivity index (χ1v) is 8.94. The monoisotopic (exact) mass is 300 g/mol. The van der Waals surface area contributed by atoms with Crippen LogP contribution in [0.3, 0.4) is 0 Å². The van der Waals surface area contributed by atoms with E-state index >= 15 is 0 Å². The second kappa shape index (κ2) is 6.63. The van der Waals surface area contributed by atoms with E-state index in [1.54, 1.807) is 17.6 Å². The Hall–Kier alpha value is -0.720. The molecule has 0 spiro atoms. The molecule has 2 heterocycles. The molecule has 19 heavy (non-hydrogen) atoms. The Morgan fingerprint density at radius 1 is 1.63 bits per heavy atom. The molecule has 0 aliphatic carbocycles. The van der Waals surface area contributed by atoms with Crippen molar-refractivity contribution in [3.05, 3.63) is 21.9 Å². The molecule has 1 aliphatic rings. The third kappa shape index (κ3) is 3.87. The zero-order valence-corrected chi connectivity index (χ0v) is 13.0. The summed E-state index contributed by atoms with van der Waals surface area (Å²) in [5, 5.41) is 5.27. The summed E-state index contributed by atoms with van der Waals surface area (Å²) in [6, 6.07) is 2.11. The van der Waals surface area contributed by atoms with Crippen LogP contribution < -0.4 is 5.32 Å². The second-order valence-electron chi connectivity index (χ2n) is 4.87. The molecule has 4 nitrogen and oxygen atoms in total. The van der Waals surface area contributed by atoms with Crippen molar-refractivity contribution in [2.75, 3.05) is 25.9 Å². The number of thiophene rings is 1. The van der Waals surface area contributed by atoms with Gasteiger partial charge in [0, 0.05) is 46.8 Å². The van der Waals surface area contributed by atoms with Gasteiger partial charge in [0.25, 0.3) is 0 Å². The first-order valence-electron chi connectivity index (χ1n) is 6.44. The summed E-state index contributed by atoms with van der Waals surface area (Å²) in [5.41, 5.74) is 1.28. The highest BCUT2D eigenvalue weighted by Gasteiger charge is 2.21. The van der Waals surface area contributed by atoms with Gasteiger partial charge in [-0.2, -0.15) is 0 Å². The van der Waals surface area contributed by atoms with Gasteiger partial charge in [-0.1, -0.05) is 0 Å². The highest BCUT2D eigenvalue weighted by molar-refractivity contribution is 7.84. The average Bonchev–Trinajstić information content (AvgIpc) is 2.85. The van der Waals surface area contributed by atoms with Gasteiger partial charge in [0.05, 0.1) is 6.54 Å². The van der Waals surface area contributed by atoms with Gasteiger partial charge in [0.1, 0.15) is 0 Å². The molecule has 2 unspecified atom stereocenters. The number of nitrogens with zero attached hydrogens (tertiary/aromatic N) is 1. The molecule has 1 aliphatic heterocycles. The second-order valence-corrected chi connectivity index (χ2v) is 7.68. The average molecular weight is 300 g/mol. The van der Waals surface area contributed by atoms with Crippen molar-refractivity contribution in [2.24, 2.45) is 0 Å². The van der Waals surface area contributed by atoms with E-state index in [0.717, 1.165) is 19.5 Å². The lowest BCUT2D eigenvalue weighted by atomic mass is 10.1. The fourth-order valence-electron chi connectivity index (χ4n) is 2.07. The molecule has 2 rings (SSSR count). The molecule has 0 saturated carbocycles. The first-order chi connectivity index (χ1) is 9.08. The molecule has 0 radical (unpaired) electrons. The van der Waals surface area contributed by atoms with Crippen molar-refractivity contribution >= 4 is 28.0 Å². The number of carbonyl (C=O) groups is 1. The van der Waals surface area contributed by atoms with Crippen molar-refractivity contribution in [3.8, 4) is 0 Å². The van der Waals surface area contributed by atoms with Crippen molar-refractivity contribution < 1.29 is 9.00 Å². The highest BCUT2D eigenvalue weighted by Crippen LogP contribution is 2.23. The van der Waals surface area contributed by atoms with E-state index in [4.69, 9.17) is 0 Å². The van der Waals surface area contributed by atoms with Crippen LogP contribution in [-0.2, 0) is 28.6 Å². The van der Waals surface area contributed by atoms with E-state index in [-0.39, 0.29) is 11.2 Å². The van der Waals surface area contributed by atoms with Crippen LogP contribution in [0.5, 0.6) is 0 Å². The number of nitrogens with one attached hydrogen (secondary N) is 1. The van der Waals surface area contributed by atoms with Crippen LogP contribution in [0.2, 0.25) is 0 Å². The molecule has 0 fully saturated rings. The van der Waals surface area contributed by atoms with E-state index in [1.807, 2.05) is 11.8 Å². The van der Waals surface area contributed by atoms with Gasteiger partial charge >= 0.3 is 0 Å². The fourth-order valence-corrected chi connectivity index (χ4v) is 3.32. The van der Waals surface area contributed by atoms with Gasteiger partial charge in [-0.05, 0) is 30.4 Å². The van der Waals surface area contributed by atoms with E-state index in [2.05, 4.69) is 16.8 Å². The van der Waals surface area contributed by atoms with Gasteiger partial charge < -0.3 is 10.2 Å². The van der Waals surface area contributed by atoms with Crippen LogP contribution in [0.1, 0.15) is 17.4 Å². The third-order valence-electron chi connectivity index (χ3n) is 3.44. The number of rotatable bonds is 5. The van der Waals surface area contributed by atoms with Gasteiger partial charge in [-0.3, -0.25) is 9.00 Å². The Morgan fingerprint density at radius 2 is 2.42 bits per heavy atom. The molecule has 2 atom stereocenters. The molecular formula is C13H20N2O2S2. The lowest BCUT2D eigenvalue weighted by Gasteiger charge is -2.27. The maximum Gasteiger partial charge on any atom is 0.236 e. The lowest BCUT2D eigenvalue weighted by Crippen LogP contribution is -2.42. The lowest BCUT2D eigenvalue weighted by molar-refractivity contribution is -0.131. The van der Waals surface area contributed by atoms with Crippen LogP contribution >= 0.6 is 11.3 Å². The number of hydrogen-bond donors (Lipinski definition) is 1. The quantitative estimate of drug-likeness (QED) is 0.882. The maximum atomic E-state index is 12.1. The largest absolute Gasteiger partial charge is 0.337 e. The number of amides is 1. The molecule has 106 valence electrons. The predicted molar refractivity (Wildman–Crippen MR) is 79.8 cm³/mol. The minimum Gasteiger partial charge on any atom is -0.337 e. The van der Waals surface area contributed by atoms with Crippen LogP contribution in [0.25, 0.3) is 0 Å². The van der Waals surface area contributed by atoms with Crippen LogP contribution in [0, 0.1) is 0 Å². The Bertz CT molecular complexity index is 473. The first kappa shape index (κ1) is 14.7. The summed E-state index contributed by atoms with van der Waals surface area (Å²) < 4.78 is 11.2. The molecule has 1 aromatic heterocycles. The van der Waals surface area contributed by atoms with Crippen molar-refractivity contribution in [2.45, 2.75) is 25.1 Å². The Morgan fingerprint density at radius 3 is 3.16 bits per heavy atom. The van der Waals surface area contributed by atoms with E-state index in [0.29, 0.717) is 13.1 Å². The molecule has 6 heteroatoms. The van der Waals surface area contributed by atoms with Gasteiger partial charge in [0.15, 0.2) is 0 Å². The Kier molecular flexibility index (Phi) is 5.13. The summed E-state index contributed by atoms with van der Waals surface area (Å²) in [5.74, 6) is 0.130. The molecule has 0 bridgehead atoms. The number of carbonyl (C=O) groups excluding carboxylic acids is 1. The van der Waals surface area contributed by atoms with Gasteiger partial charge in [-0.15, -0.1) is 11.3 Å². The summed E-state index contributed by atoms with van der Waals surface area (Å²) in [4.78, 5) is 15.4. The molecule has 0 aromatic carbocycles. The van der Waals surface area contributed by atoms with Crippen LogP contribution in [0.4, 0.5) is 0 Å². The molecular weight excluding hydrogens is 280 g/mol. The highest BCUT2D eigenvalue weighted by atomic mass is 32.2. The third-order valence-corrected chi connectivity index (χ3v) is 5.76. The van der Waals surface area contributed by atoms with Crippen molar-refractivity contribution in [1.29, 1.82) is 0 Å². The summed E-state index contributed by atoms with van der Waals surface area (Å²) in [6.07, 6.45) is 2.66. The zero-order chi connectivity index (χ0) is 13.8. The zero-order valence-electron chi connectivity index (χ0n) is 11.3. The summed E-state index contributed by atoms with van der Waals surface area (Å²) in [7, 11) is -0.840. The molecule has 1 amide bonds.